The van der Waals surface area contributed by atoms with Crippen LogP contribution in [0.15, 0.2) is 41.8 Å². The van der Waals surface area contributed by atoms with Crippen molar-refractivity contribution in [3.63, 3.8) is 0 Å². The quantitative estimate of drug-likeness (QED) is 0.570. The molecule has 0 aliphatic rings. The zero-order chi connectivity index (χ0) is 17.1. The molecule has 0 saturated carbocycles. The van der Waals surface area contributed by atoms with Crippen molar-refractivity contribution in [3.8, 4) is 0 Å². The van der Waals surface area contributed by atoms with E-state index in [0.29, 0.717) is 5.92 Å². The molecule has 2 aromatic heterocycles. The minimum absolute atomic E-state index is 0.0587. The molecule has 0 aliphatic carbocycles. The van der Waals surface area contributed by atoms with E-state index in [1.807, 2.05) is 25.2 Å². The number of aromatic nitrogens is 4. The lowest BCUT2D eigenvalue weighted by Crippen LogP contribution is -2.14. The van der Waals surface area contributed by atoms with Crippen LogP contribution in [0.3, 0.4) is 0 Å². The summed E-state index contributed by atoms with van der Waals surface area (Å²) in [5, 5.41) is 8.74. The smallest absolute Gasteiger partial charge is 0.234 e. The van der Waals surface area contributed by atoms with Crippen LogP contribution >= 0.6 is 11.8 Å². The lowest BCUT2D eigenvalue weighted by atomic mass is 10.0. The SMILES string of the molecule is CC(C)c1cccc(NC(=O)CSc2ncnc3c2cnn3C)c1. The topological polar surface area (TPSA) is 72.7 Å². The summed E-state index contributed by atoms with van der Waals surface area (Å²) in [7, 11) is 1.83. The number of hydrogen-bond donors (Lipinski definition) is 1. The average molecular weight is 341 g/mol. The van der Waals surface area contributed by atoms with Crippen LogP contribution in [-0.2, 0) is 11.8 Å². The average Bonchev–Trinajstić information content (AvgIpc) is 2.95. The highest BCUT2D eigenvalue weighted by Crippen LogP contribution is 2.24. The van der Waals surface area contributed by atoms with Crippen molar-refractivity contribution in [3.05, 3.63) is 42.4 Å². The van der Waals surface area contributed by atoms with Gasteiger partial charge in [0.1, 0.15) is 11.4 Å². The second-order valence-electron chi connectivity index (χ2n) is 5.80. The summed E-state index contributed by atoms with van der Waals surface area (Å²) in [6.45, 7) is 4.26. The summed E-state index contributed by atoms with van der Waals surface area (Å²) in [6.07, 6.45) is 3.22. The normalized spacial score (nSPS) is 11.2. The molecule has 3 rings (SSSR count). The molecule has 3 aromatic rings. The Balaban J connectivity index is 1.66. The van der Waals surface area contributed by atoms with Gasteiger partial charge < -0.3 is 5.32 Å². The van der Waals surface area contributed by atoms with E-state index in [-0.39, 0.29) is 11.7 Å². The lowest BCUT2D eigenvalue weighted by molar-refractivity contribution is -0.113. The van der Waals surface area contributed by atoms with Crippen LogP contribution in [0.5, 0.6) is 0 Å². The third-order valence-electron chi connectivity index (χ3n) is 3.67. The fraction of sp³-hybridized carbons (Fsp3) is 0.294. The van der Waals surface area contributed by atoms with Gasteiger partial charge in [0.2, 0.25) is 5.91 Å². The predicted octanol–water partition coefficient (Wildman–Crippen LogP) is 3.22. The van der Waals surface area contributed by atoms with Gasteiger partial charge in [-0.25, -0.2) is 9.97 Å². The monoisotopic (exact) mass is 341 g/mol. The van der Waals surface area contributed by atoms with Gasteiger partial charge in [0, 0.05) is 12.7 Å². The Kier molecular flexibility index (Phi) is 4.80. The number of hydrogen-bond acceptors (Lipinski definition) is 5. The number of aryl methyl sites for hydroxylation is 1. The molecule has 0 bridgehead atoms. The summed E-state index contributed by atoms with van der Waals surface area (Å²) in [6, 6.07) is 7.94. The predicted molar refractivity (Wildman–Crippen MR) is 96.2 cm³/mol. The summed E-state index contributed by atoms with van der Waals surface area (Å²) in [5.41, 5.74) is 2.78. The molecule has 1 aromatic carbocycles. The van der Waals surface area contributed by atoms with Gasteiger partial charge >= 0.3 is 0 Å². The van der Waals surface area contributed by atoms with Crippen LogP contribution < -0.4 is 5.32 Å². The first-order chi connectivity index (χ1) is 11.5. The molecule has 0 fully saturated rings. The van der Waals surface area contributed by atoms with E-state index in [1.165, 1.54) is 23.7 Å². The number of carbonyl (C=O) groups is 1. The fourth-order valence-electron chi connectivity index (χ4n) is 2.36. The highest BCUT2D eigenvalue weighted by atomic mass is 32.2. The molecule has 7 heteroatoms. The Bertz CT molecular complexity index is 874. The first-order valence-corrected chi connectivity index (χ1v) is 8.68. The van der Waals surface area contributed by atoms with E-state index in [9.17, 15) is 4.79 Å². The van der Waals surface area contributed by atoms with Crippen LogP contribution in [0.1, 0.15) is 25.3 Å². The number of nitrogens with zero attached hydrogens (tertiary/aromatic N) is 4. The first kappa shape index (κ1) is 16.4. The Hall–Kier alpha value is -2.41. The molecule has 2 heterocycles. The van der Waals surface area contributed by atoms with E-state index in [0.717, 1.165) is 21.7 Å². The van der Waals surface area contributed by atoms with Crippen molar-refractivity contribution < 1.29 is 4.79 Å². The van der Waals surface area contributed by atoms with Gasteiger partial charge in [-0.2, -0.15) is 5.10 Å². The van der Waals surface area contributed by atoms with Gasteiger partial charge in [-0.15, -0.1) is 0 Å². The fourth-order valence-corrected chi connectivity index (χ4v) is 3.12. The third kappa shape index (κ3) is 3.56. The molecular weight excluding hydrogens is 322 g/mol. The van der Waals surface area contributed by atoms with Crippen molar-refractivity contribution in [2.45, 2.75) is 24.8 Å². The maximum absolute atomic E-state index is 12.2. The second-order valence-corrected chi connectivity index (χ2v) is 6.77. The molecule has 124 valence electrons. The second kappa shape index (κ2) is 7.00. The number of benzene rings is 1. The van der Waals surface area contributed by atoms with Crippen LogP contribution in [0, 0.1) is 0 Å². The van der Waals surface area contributed by atoms with Crippen LogP contribution in [-0.4, -0.2) is 31.4 Å². The molecule has 0 unspecified atom stereocenters. The maximum atomic E-state index is 12.2. The van der Waals surface area contributed by atoms with Crippen molar-refractivity contribution >= 4 is 34.4 Å². The number of thioether (sulfide) groups is 1. The highest BCUT2D eigenvalue weighted by molar-refractivity contribution is 8.00. The zero-order valence-electron chi connectivity index (χ0n) is 13.9. The number of carbonyl (C=O) groups excluding carboxylic acids is 1. The summed E-state index contributed by atoms with van der Waals surface area (Å²) in [4.78, 5) is 20.7. The molecule has 6 nitrogen and oxygen atoms in total. The van der Waals surface area contributed by atoms with Crippen molar-refractivity contribution in [1.29, 1.82) is 0 Å². The van der Waals surface area contributed by atoms with Gasteiger partial charge in [0.25, 0.3) is 0 Å². The van der Waals surface area contributed by atoms with Crippen LogP contribution in [0.4, 0.5) is 5.69 Å². The zero-order valence-corrected chi connectivity index (χ0v) is 14.7. The Labute approximate surface area is 144 Å². The number of amides is 1. The summed E-state index contributed by atoms with van der Waals surface area (Å²) >= 11 is 1.38. The molecule has 0 aliphatic heterocycles. The number of nitrogens with one attached hydrogen (secondary N) is 1. The van der Waals surface area contributed by atoms with E-state index >= 15 is 0 Å². The maximum Gasteiger partial charge on any atom is 0.234 e. The molecular formula is C17H19N5OS. The van der Waals surface area contributed by atoms with Crippen molar-refractivity contribution in [2.75, 3.05) is 11.1 Å². The van der Waals surface area contributed by atoms with Gasteiger partial charge in [-0.1, -0.05) is 37.7 Å². The standard InChI is InChI=1S/C17H19N5OS/c1-11(2)12-5-4-6-13(7-12)21-15(23)9-24-17-14-8-20-22(3)16(14)18-10-19-17/h4-8,10-11H,9H2,1-3H3,(H,21,23). The lowest BCUT2D eigenvalue weighted by Gasteiger charge is -2.09. The van der Waals surface area contributed by atoms with E-state index < -0.39 is 0 Å². The van der Waals surface area contributed by atoms with Crippen molar-refractivity contribution in [1.82, 2.24) is 19.7 Å². The minimum Gasteiger partial charge on any atom is -0.325 e. The van der Waals surface area contributed by atoms with Crippen LogP contribution in [0.2, 0.25) is 0 Å². The Morgan fingerprint density at radius 2 is 2.17 bits per heavy atom. The summed E-state index contributed by atoms with van der Waals surface area (Å²) < 4.78 is 1.69. The molecule has 0 saturated heterocycles. The van der Waals surface area contributed by atoms with E-state index in [4.69, 9.17) is 0 Å². The third-order valence-corrected chi connectivity index (χ3v) is 4.68. The minimum atomic E-state index is -0.0587. The number of rotatable bonds is 5. The highest BCUT2D eigenvalue weighted by Gasteiger charge is 2.11. The van der Waals surface area contributed by atoms with Crippen molar-refractivity contribution in [2.24, 2.45) is 7.05 Å². The number of anilines is 1. The number of fused-ring (bicyclic) bond motifs is 1. The summed E-state index contributed by atoms with van der Waals surface area (Å²) in [5.74, 6) is 0.653. The Morgan fingerprint density at radius 3 is 2.96 bits per heavy atom. The molecule has 0 atom stereocenters. The molecule has 0 radical (unpaired) electrons. The molecule has 24 heavy (non-hydrogen) atoms. The van der Waals surface area contributed by atoms with Gasteiger partial charge in [0.15, 0.2) is 5.65 Å². The first-order valence-electron chi connectivity index (χ1n) is 7.70. The Morgan fingerprint density at radius 1 is 1.33 bits per heavy atom. The molecule has 0 spiro atoms. The van der Waals surface area contributed by atoms with Gasteiger partial charge in [-0.05, 0) is 23.6 Å². The van der Waals surface area contributed by atoms with Gasteiger partial charge in [0.05, 0.1) is 17.3 Å². The largest absolute Gasteiger partial charge is 0.325 e. The van der Waals surface area contributed by atoms with Gasteiger partial charge in [-0.3, -0.25) is 9.48 Å². The van der Waals surface area contributed by atoms with E-state index in [1.54, 1.807) is 10.9 Å². The van der Waals surface area contributed by atoms with E-state index in [2.05, 4.69) is 40.3 Å². The molecule has 1 N–H and O–H groups in total. The molecule has 1 amide bonds. The van der Waals surface area contributed by atoms with Crippen LogP contribution in [0.25, 0.3) is 11.0 Å².